The SMILES string of the molecule is CCNC(=NCc1cccc(N2CC=CC2)c1)NCc1cccc(OC)c1.I. The van der Waals surface area contributed by atoms with Gasteiger partial charge in [0, 0.05) is 31.9 Å². The van der Waals surface area contributed by atoms with Gasteiger partial charge >= 0.3 is 0 Å². The lowest BCUT2D eigenvalue weighted by molar-refractivity contribution is 0.414. The maximum absolute atomic E-state index is 5.29. The van der Waals surface area contributed by atoms with Crippen molar-refractivity contribution < 1.29 is 4.74 Å². The summed E-state index contributed by atoms with van der Waals surface area (Å²) in [5, 5.41) is 6.70. The average molecular weight is 492 g/mol. The Kier molecular flexibility index (Phi) is 9.13. The summed E-state index contributed by atoms with van der Waals surface area (Å²) < 4.78 is 5.29. The molecule has 0 fully saturated rings. The van der Waals surface area contributed by atoms with Crippen LogP contribution in [0.3, 0.4) is 0 Å². The Morgan fingerprint density at radius 3 is 2.54 bits per heavy atom. The van der Waals surface area contributed by atoms with Crippen LogP contribution in [0.15, 0.2) is 65.7 Å². The van der Waals surface area contributed by atoms with Crippen LogP contribution in [0.1, 0.15) is 18.1 Å². The van der Waals surface area contributed by atoms with Gasteiger partial charge in [-0.05, 0) is 42.3 Å². The van der Waals surface area contributed by atoms with Crippen LogP contribution in [0.5, 0.6) is 5.75 Å². The Balaban J connectivity index is 0.00000280. The third-order valence-electron chi connectivity index (χ3n) is 4.45. The summed E-state index contributed by atoms with van der Waals surface area (Å²) in [6.45, 7) is 6.20. The first-order chi connectivity index (χ1) is 13.3. The smallest absolute Gasteiger partial charge is 0.191 e. The first-order valence-electron chi connectivity index (χ1n) is 9.42. The molecule has 0 amide bonds. The lowest BCUT2D eigenvalue weighted by atomic mass is 10.2. The molecule has 0 unspecified atom stereocenters. The number of benzene rings is 2. The molecule has 0 saturated carbocycles. The first-order valence-corrected chi connectivity index (χ1v) is 9.42. The Morgan fingerprint density at radius 1 is 1.04 bits per heavy atom. The number of guanidine groups is 1. The van der Waals surface area contributed by atoms with Crippen molar-refractivity contribution >= 4 is 35.6 Å². The fourth-order valence-corrected chi connectivity index (χ4v) is 3.02. The molecule has 3 rings (SSSR count). The lowest BCUT2D eigenvalue weighted by Gasteiger charge is -2.18. The van der Waals surface area contributed by atoms with Crippen LogP contribution in [0.25, 0.3) is 0 Å². The van der Waals surface area contributed by atoms with E-state index < -0.39 is 0 Å². The van der Waals surface area contributed by atoms with Gasteiger partial charge in [-0.2, -0.15) is 0 Å². The van der Waals surface area contributed by atoms with Gasteiger partial charge in [0.2, 0.25) is 0 Å². The van der Waals surface area contributed by atoms with E-state index in [9.17, 15) is 0 Å². The van der Waals surface area contributed by atoms with Crippen molar-refractivity contribution in [3.05, 3.63) is 71.8 Å². The number of hydrogen-bond acceptors (Lipinski definition) is 3. The molecule has 0 spiro atoms. The molecule has 5 nitrogen and oxygen atoms in total. The zero-order valence-electron chi connectivity index (χ0n) is 16.5. The van der Waals surface area contributed by atoms with E-state index in [4.69, 9.17) is 9.73 Å². The van der Waals surface area contributed by atoms with Crippen molar-refractivity contribution in [1.29, 1.82) is 0 Å². The van der Waals surface area contributed by atoms with E-state index in [1.165, 1.54) is 11.3 Å². The number of halogens is 1. The van der Waals surface area contributed by atoms with E-state index in [0.29, 0.717) is 13.1 Å². The molecular formula is C22H29IN4O. The molecule has 1 aliphatic rings. The van der Waals surface area contributed by atoms with Crippen molar-refractivity contribution in [2.24, 2.45) is 4.99 Å². The molecule has 0 aromatic heterocycles. The van der Waals surface area contributed by atoms with Crippen LogP contribution >= 0.6 is 24.0 Å². The van der Waals surface area contributed by atoms with Crippen LogP contribution in [-0.2, 0) is 13.1 Å². The maximum atomic E-state index is 5.29. The molecule has 1 aliphatic heterocycles. The molecule has 2 aromatic rings. The van der Waals surface area contributed by atoms with E-state index in [0.717, 1.165) is 36.9 Å². The van der Waals surface area contributed by atoms with Gasteiger partial charge < -0.3 is 20.3 Å². The van der Waals surface area contributed by atoms with Gasteiger partial charge in [0.1, 0.15) is 5.75 Å². The molecule has 2 aromatic carbocycles. The van der Waals surface area contributed by atoms with Gasteiger partial charge in [0.25, 0.3) is 0 Å². The third kappa shape index (κ3) is 6.44. The number of hydrogen-bond donors (Lipinski definition) is 2. The minimum atomic E-state index is 0. The number of ether oxygens (including phenoxy) is 1. The number of rotatable bonds is 7. The Morgan fingerprint density at radius 2 is 1.79 bits per heavy atom. The molecule has 2 N–H and O–H groups in total. The molecule has 0 atom stereocenters. The van der Waals surface area contributed by atoms with E-state index in [-0.39, 0.29) is 24.0 Å². The molecule has 0 radical (unpaired) electrons. The number of methoxy groups -OCH3 is 1. The highest BCUT2D eigenvalue weighted by atomic mass is 127. The monoisotopic (exact) mass is 492 g/mol. The highest BCUT2D eigenvalue weighted by Crippen LogP contribution is 2.19. The highest BCUT2D eigenvalue weighted by Gasteiger charge is 2.08. The van der Waals surface area contributed by atoms with Crippen molar-refractivity contribution in [3.8, 4) is 5.75 Å². The molecule has 0 aliphatic carbocycles. The third-order valence-corrected chi connectivity index (χ3v) is 4.45. The molecule has 28 heavy (non-hydrogen) atoms. The zero-order valence-corrected chi connectivity index (χ0v) is 18.9. The second-order valence-electron chi connectivity index (χ2n) is 6.45. The average Bonchev–Trinajstić information content (AvgIpc) is 3.25. The maximum Gasteiger partial charge on any atom is 0.191 e. The Labute approximate surface area is 184 Å². The molecule has 0 bridgehead atoms. The summed E-state index contributed by atoms with van der Waals surface area (Å²) in [7, 11) is 1.68. The number of nitrogens with zero attached hydrogens (tertiary/aromatic N) is 2. The minimum Gasteiger partial charge on any atom is -0.497 e. The van der Waals surface area contributed by atoms with Gasteiger partial charge in [-0.15, -0.1) is 24.0 Å². The predicted octanol–water partition coefficient (Wildman–Crippen LogP) is 3.94. The normalized spacial score (nSPS) is 13.2. The second-order valence-corrected chi connectivity index (χ2v) is 6.45. The summed E-state index contributed by atoms with van der Waals surface area (Å²) in [5.74, 6) is 1.68. The van der Waals surface area contributed by atoms with Gasteiger partial charge in [0.15, 0.2) is 5.96 Å². The molecule has 6 heteroatoms. The van der Waals surface area contributed by atoms with Gasteiger partial charge in [-0.3, -0.25) is 0 Å². The summed E-state index contributed by atoms with van der Waals surface area (Å²) in [6, 6.07) is 16.7. The minimum absolute atomic E-state index is 0. The number of anilines is 1. The molecule has 1 heterocycles. The summed E-state index contributed by atoms with van der Waals surface area (Å²) in [6.07, 6.45) is 4.41. The van der Waals surface area contributed by atoms with Crippen molar-refractivity contribution in [1.82, 2.24) is 10.6 Å². The van der Waals surface area contributed by atoms with Crippen molar-refractivity contribution in [2.45, 2.75) is 20.0 Å². The van der Waals surface area contributed by atoms with E-state index >= 15 is 0 Å². The largest absolute Gasteiger partial charge is 0.497 e. The van der Waals surface area contributed by atoms with E-state index in [1.807, 2.05) is 18.2 Å². The van der Waals surface area contributed by atoms with Crippen LogP contribution in [0.4, 0.5) is 5.69 Å². The number of aliphatic imine (C=N–C) groups is 1. The molecule has 0 saturated heterocycles. The van der Waals surface area contributed by atoms with Crippen molar-refractivity contribution in [3.63, 3.8) is 0 Å². The lowest BCUT2D eigenvalue weighted by Crippen LogP contribution is -2.36. The quantitative estimate of drug-likeness (QED) is 0.266. The standard InChI is InChI=1S/C22H28N4O.HI/c1-3-23-22(25-17-19-9-7-11-21(15-19)27-2)24-16-18-8-6-10-20(14-18)26-12-4-5-13-26;/h4-11,14-15H,3,12-13,16-17H2,1-2H3,(H2,23,24,25);1H. The van der Waals surface area contributed by atoms with Crippen LogP contribution in [0.2, 0.25) is 0 Å². The predicted molar refractivity (Wildman–Crippen MR) is 128 cm³/mol. The number of nitrogens with one attached hydrogen (secondary N) is 2. The fraction of sp³-hybridized carbons (Fsp3) is 0.318. The zero-order chi connectivity index (χ0) is 18.9. The summed E-state index contributed by atoms with van der Waals surface area (Å²) in [5.41, 5.74) is 3.61. The summed E-state index contributed by atoms with van der Waals surface area (Å²) in [4.78, 5) is 7.08. The first kappa shape index (κ1) is 22.1. The molecule has 150 valence electrons. The Bertz CT molecular complexity index is 799. The van der Waals surface area contributed by atoms with Gasteiger partial charge in [0.05, 0.1) is 13.7 Å². The van der Waals surface area contributed by atoms with Crippen molar-refractivity contribution in [2.75, 3.05) is 31.6 Å². The topological polar surface area (TPSA) is 48.9 Å². The van der Waals surface area contributed by atoms with E-state index in [1.54, 1.807) is 7.11 Å². The second kappa shape index (κ2) is 11.6. The van der Waals surface area contributed by atoms with Crippen LogP contribution in [-0.4, -0.2) is 32.7 Å². The summed E-state index contributed by atoms with van der Waals surface area (Å²) >= 11 is 0. The molecular weight excluding hydrogens is 463 g/mol. The van der Waals surface area contributed by atoms with Gasteiger partial charge in [-0.1, -0.05) is 36.4 Å². The highest BCUT2D eigenvalue weighted by molar-refractivity contribution is 14.0. The Hall–Kier alpha value is -2.22. The van der Waals surface area contributed by atoms with Crippen LogP contribution in [0, 0.1) is 0 Å². The van der Waals surface area contributed by atoms with Gasteiger partial charge in [-0.25, -0.2) is 4.99 Å². The van der Waals surface area contributed by atoms with E-state index in [2.05, 4.69) is 64.9 Å². The fourth-order valence-electron chi connectivity index (χ4n) is 3.02. The van der Waals surface area contributed by atoms with Crippen LogP contribution < -0.4 is 20.3 Å².